The Hall–Kier alpha value is -2.45. The third-order valence-corrected chi connectivity index (χ3v) is 7.34. The van der Waals surface area contributed by atoms with Gasteiger partial charge in [-0.25, -0.2) is 8.42 Å². The number of likely N-dealkylation sites (tertiary alicyclic amines) is 1. The third-order valence-electron chi connectivity index (χ3n) is 6.07. The monoisotopic (exact) mass is 415 g/mol. The first-order chi connectivity index (χ1) is 13.9. The van der Waals surface area contributed by atoms with E-state index in [1.807, 2.05) is 29.2 Å². The van der Waals surface area contributed by atoms with Crippen molar-refractivity contribution in [3.63, 3.8) is 0 Å². The van der Waals surface area contributed by atoms with Gasteiger partial charge >= 0.3 is 0 Å². The van der Waals surface area contributed by atoms with E-state index in [2.05, 4.69) is 4.98 Å². The Morgan fingerprint density at radius 1 is 1.10 bits per heavy atom. The number of rotatable bonds is 4. The molecule has 3 heterocycles. The van der Waals surface area contributed by atoms with E-state index < -0.39 is 10.0 Å². The summed E-state index contributed by atoms with van der Waals surface area (Å²) < 4.78 is 31.7. The molecule has 0 N–H and O–H groups in total. The van der Waals surface area contributed by atoms with Crippen LogP contribution in [0, 0.1) is 5.92 Å². The van der Waals surface area contributed by atoms with Gasteiger partial charge in [0.1, 0.15) is 5.75 Å². The van der Waals surface area contributed by atoms with Gasteiger partial charge in [0.2, 0.25) is 10.0 Å². The topological polar surface area (TPSA) is 79.8 Å². The lowest BCUT2D eigenvalue weighted by atomic mass is 9.81. The van der Waals surface area contributed by atoms with Crippen LogP contribution in [0.4, 0.5) is 0 Å². The summed E-state index contributed by atoms with van der Waals surface area (Å²) in [6.45, 7) is 1.52. The van der Waals surface area contributed by atoms with Crippen molar-refractivity contribution < 1.29 is 17.9 Å². The molecule has 2 saturated heterocycles. The number of fused-ring (bicyclic) bond motifs is 1. The van der Waals surface area contributed by atoms with Gasteiger partial charge < -0.3 is 9.64 Å². The first kappa shape index (κ1) is 19.8. The second-order valence-electron chi connectivity index (χ2n) is 7.72. The molecule has 29 heavy (non-hydrogen) atoms. The minimum absolute atomic E-state index is 0.0304. The molecule has 0 aliphatic carbocycles. The summed E-state index contributed by atoms with van der Waals surface area (Å²) in [4.78, 5) is 18.8. The van der Waals surface area contributed by atoms with Crippen LogP contribution in [0.2, 0.25) is 0 Å². The van der Waals surface area contributed by atoms with Gasteiger partial charge in [0.15, 0.2) is 0 Å². The van der Waals surface area contributed by atoms with Gasteiger partial charge in [0.25, 0.3) is 5.91 Å². The molecule has 1 aromatic carbocycles. The number of benzene rings is 1. The second kappa shape index (κ2) is 7.76. The smallest absolute Gasteiger partial charge is 0.253 e. The van der Waals surface area contributed by atoms with Crippen LogP contribution in [0.3, 0.4) is 0 Å². The van der Waals surface area contributed by atoms with E-state index in [1.165, 1.54) is 6.26 Å². The van der Waals surface area contributed by atoms with E-state index >= 15 is 0 Å². The number of nitrogens with zero attached hydrogens (tertiary/aromatic N) is 3. The Kier molecular flexibility index (Phi) is 5.31. The van der Waals surface area contributed by atoms with Gasteiger partial charge in [-0.05, 0) is 36.2 Å². The van der Waals surface area contributed by atoms with E-state index in [-0.39, 0.29) is 23.8 Å². The van der Waals surface area contributed by atoms with Gasteiger partial charge in [-0.1, -0.05) is 12.1 Å². The molecular weight excluding hydrogens is 390 g/mol. The number of sulfonamides is 1. The number of hydrogen-bond acceptors (Lipinski definition) is 5. The Balaban J connectivity index is 1.62. The number of piperidine rings is 1. The average Bonchev–Trinajstić information content (AvgIpc) is 3.13. The zero-order valence-corrected chi connectivity index (χ0v) is 17.4. The zero-order chi connectivity index (χ0) is 20.6. The van der Waals surface area contributed by atoms with Crippen LogP contribution in [0.15, 0.2) is 48.8 Å². The average molecular weight is 416 g/mol. The fourth-order valence-electron chi connectivity index (χ4n) is 4.63. The lowest BCUT2D eigenvalue weighted by Gasteiger charge is -2.38. The molecule has 4 rings (SSSR count). The van der Waals surface area contributed by atoms with Gasteiger partial charge in [-0.2, -0.15) is 4.31 Å². The van der Waals surface area contributed by atoms with Crippen LogP contribution in [-0.4, -0.2) is 67.6 Å². The molecule has 0 unspecified atom stereocenters. The molecule has 3 atom stereocenters. The summed E-state index contributed by atoms with van der Waals surface area (Å²) >= 11 is 0. The van der Waals surface area contributed by atoms with Gasteiger partial charge in [0, 0.05) is 55.5 Å². The van der Waals surface area contributed by atoms with Crippen molar-refractivity contribution in [1.82, 2.24) is 14.2 Å². The van der Waals surface area contributed by atoms with Gasteiger partial charge in [-0.15, -0.1) is 0 Å². The maximum atomic E-state index is 12.9. The van der Waals surface area contributed by atoms with E-state index in [0.717, 1.165) is 11.3 Å². The SMILES string of the molecule is COc1ccc([C@@H]2CN(S(C)(=O)=O)[C@H]3CCN(C(=O)c4ccncc4)C[C@@H]23)cc1. The standard InChI is InChI=1S/C21H25N3O4S/c1-28-17-5-3-15(4-6-17)18-14-24(29(2,26)27)20-9-12-23(13-19(18)20)21(25)16-7-10-22-11-8-16/h3-8,10-11,18-20H,9,12-14H2,1-2H3/t18-,19-,20-/m0/s1. The molecule has 0 bridgehead atoms. The quantitative estimate of drug-likeness (QED) is 0.763. The highest BCUT2D eigenvalue weighted by Gasteiger charge is 2.49. The van der Waals surface area contributed by atoms with Crippen molar-refractivity contribution in [3.8, 4) is 5.75 Å². The highest BCUT2D eigenvalue weighted by atomic mass is 32.2. The van der Waals surface area contributed by atoms with Crippen LogP contribution < -0.4 is 4.74 Å². The van der Waals surface area contributed by atoms with Crippen LogP contribution in [0.1, 0.15) is 28.3 Å². The molecule has 1 amide bonds. The van der Waals surface area contributed by atoms with E-state index in [9.17, 15) is 13.2 Å². The normalized spacial score (nSPS) is 24.9. The Labute approximate surface area is 171 Å². The maximum Gasteiger partial charge on any atom is 0.253 e. The van der Waals surface area contributed by atoms with Crippen molar-refractivity contribution >= 4 is 15.9 Å². The minimum atomic E-state index is -3.32. The fraction of sp³-hybridized carbons (Fsp3) is 0.429. The summed E-state index contributed by atoms with van der Waals surface area (Å²) in [5.41, 5.74) is 1.68. The molecule has 8 heteroatoms. The molecule has 2 aromatic rings. The van der Waals surface area contributed by atoms with Crippen molar-refractivity contribution in [3.05, 3.63) is 59.9 Å². The first-order valence-electron chi connectivity index (χ1n) is 9.68. The van der Waals surface area contributed by atoms with E-state index in [1.54, 1.807) is 35.9 Å². The fourth-order valence-corrected chi connectivity index (χ4v) is 5.82. The third kappa shape index (κ3) is 3.86. The lowest BCUT2D eigenvalue weighted by molar-refractivity contribution is 0.0631. The summed E-state index contributed by atoms with van der Waals surface area (Å²) in [6, 6.07) is 11.1. The molecule has 1 aromatic heterocycles. The van der Waals surface area contributed by atoms with Gasteiger partial charge in [-0.3, -0.25) is 9.78 Å². The maximum absolute atomic E-state index is 12.9. The largest absolute Gasteiger partial charge is 0.497 e. The highest BCUT2D eigenvalue weighted by molar-refractivity contribution is 7.88. The van der Waals surface area contributed by atoms with Crippen LogP contribution in [0.5, 0.6) is 5.75 Å². The predicted octanol–water partition coefficient (Wildman–Crippen LogP) is 1.98. The number of carbonyl (C=O) groups is 1. The molecule has 2 aliphatic rings. The number of methoxy groups -OCH3 is 1. The Bertz CT molecular complexity index is 979. The minimum Gasteiger partial charge on any atom is -0.497 e. The van der Waals surface area contributed by atoms with Crippen LogP contribution in [-0.2, 0) is 10.0 Å². The summed E-state index contributed by atoms with van der Waals surface area (Å²) in [5.74, 6) is 0.824. The molecule has 0 saturated carbocycles. The lowest BCUT2D eigenvalue weighted by Crippen LogP contribution is -2.49. The first-order valence-corrected chi connectivity index (χ1v) is 11.5. The summed E-state index contributed by atoms with van der Waals surface area (Å²) in [7, 11) is -1.70. The molecule has 0 radical (unpaired) electrons. The number of aromatic nitrogens is 1. The number of amides is 1. The molecule has 0 spiro atoms. The van der Waals surface area contributed by atoms with Crippen LogP contribution in [0.25, 0.3) is 0 Å². The van der Waals surface area contributed by atoms with Crippen molar-refractivity contribution in [2.24, 2.45) is 5.92 Å². The van der Waals surface area contributed by atoms with E-state index in [0.29, 0.717) is 31.6 Å². The second-order valence-corrected chi connectivity index (χ2v) is 9.65. The molecule has 2 fully saturated rings. The van der Waals surface area contributed by atoms with Gasteiger partial charge in [0.05, 0.1) is 13.4 Å². The van der Waals surface area contributed by atoms with E-state index in [4.69, 9.17) is 4.74 Å². The predicted molar refractivity (Wildman–Crippen MR) is 109 cm³/mol. The number of ether oxygens (including phenoxy) is 1. The summed E-state index contributed by atoms with van der Waals surface area (Å²) in [5, 5.41) is 0. The molecule has 154 valence electrons. The Morgan fingerprint density at radius 2 is 1.79 bits per heavy atom. The number of carbonyl (C=O) groups excluding carboxylic acids is 1. The molecular formula is C21H25N3O4S. The summed E-state index contributed by atoms with van der Waals surface area (Å²) in [6.07, 6.45) is 5.14. The number of pyridine rings is 1. The highest BCUT2D eigenvalue weighted by Crippen LogP contribution is 2.43. The van der Waals surface area contributed by atoms with Crippen molar-refractivity contribution in [2.75, 3.05) is 33.0 Å². The number of hydrogen-bond donors (Lipinski definition) is 0. The molecule has 7 nitrogen and oxygen atoms in total. The Morgan fingerprint density at radius 3 is 2.41 bits per heavy atom. The molecule has 2 aliphatic heterocycles. The van der Waals surface area contributed by atoms with Crippen molar-refractivity contribution in [2.45, 2.75) is 18.4 Å². The van der Waals surface area contributed by atoms with Crippen molar-refractivity contribution in [1.29, 1.82) is 0 Å². The van der Waals surface area contributed by atoms with Crippen LogP contribution >= 0.6 is 0 Å². The zero-order valence-electron chi connectivity index (χ0n) is 16.6.